The third-order valence-electron chi connectivity index (χ3n) is 3.76. The predicted octanol–water partition coefficient (Wildman–Crippen LogP) is 1.61. The number of urea groups is 2. The number of nitrogens with one attached hydrogen (secondary N) is 3. The van der Waals surface area contributed by atoms with Crippen molar-refractivity contribution in [3.8, 4) is 0 Å². The maximum Gasteiger partial charge on any atom is 0.317 e. The molecule has 1 aliphatic rings. The molecule has 1 saturated heterocycles. The van der Waals surface area contributed by atoms with Crippen LogP contribution in [0.15, 0.2) is 18.2 Å². The summed E-state index contributed by atoms with van der Waals surface area (Å²) in [5.41, 5.74) is 0.482. The van der Waals surface area contributed by atoms with Crippen LogP contribution in [0.25, 0.3) is 0 Å². The lowest BCUT2D eigenvalue weighted by atomic mass is 10.1. The first kappa shape index (κ1) is 18.0. The number of rotatable bonds is 5. The SMILES string of the molecule is CCNC(=O)N1CC[C@@H](NC(=O)NCCc2cc(F)cc(F)c2)C1. The van der Waals surface area contributed by atoms with Crippen LogP contribution in [-0.4, -0.2) is 49.2 Å². The maximum absolute atomic E-state index is 13.1. The minimum Gasteiger partial charge on any atom is -0.338 e. The standard InChI is InChI=1S/C16H22F2N4O2/c1-2-19-16(24)22-6-4-14(10-22)21-15(23)20-5-3-11-7-12(17)9-13(18)8-11/h7-9,14H,2-6,10H2,1H3,(H,19,24)(H2,20,21,23)/t14-/m1/s1. The number of carbonyl (C=O) groups excluding carboxylic acids is 2. The van der Waals surface area contributed by atoms with E-state index < -0.39 is 11.6 Å². The molecule has 1 aromatic rings. The van der Waals surface area contributed by atoms with Crippen LogP contribution in [0.1, 0.15) is 18.9 Å². The van der Waals surface area contributed by atoms with Crippen molar-refractivity contribution >= 4 is 12.1 Å². The van der Waals surface area contributed by atoms with E-state index in [1.54, 1.807) is 4.90 Å². The Hall–Kier alpha value is -2.38. The van der Waals surface area contributed by atoms with Gasteiger partial charge in [-0.3, -0.25) is 0 Å². The van der Waals surface area contributed by atoms with Gasteiger partial charge in [-0.2, -0.15) is 0 Å². The lowest BCUT2D eigenvalue weighted by Gasteiger charge is -2.17. The van der Waals surface area contributed by atoms with Gasteiger partial charge in [0.05, 0.1) is 0 Å². The van der Waals surface area contributed by atoms with Gasteiger partial charge < -0.3 is 20.9 Å². The van der Waals surface area contributed by atoms with E-state index >= 15 is 0 Å². The van der Waals surface area contributed by atoms with Gasteiger partial charge in [-0.25, -0.2) is 18.4 Å². The fraction of sp³-hybridized carbons (Fsp3) is 0.500. The number of amides is 4. The molecule has 1 aromatic carbocycles. The quantitative estimate of drug-likeness (QED) is 0.762. The molecule has 2 rings (SSSR count). The van der Waals surface area contributed by atoms with Crippen LogP contribution in [-0.2, 0) is 6.42 Å². The second-order valence-electron chi connectivity index (χ2n) is 5.70. The highest BCUT2D eigenvalue weighted by molar-refractivity contribution is 5.76. The Bertz CT molecular complexity index is 577. The van der Waals surface area contributed by atoms with Crippen molar-refractivity contribution in [3.63, 3.8) is 0 Å². The van der Waals surface area contributed by atoms with E-state index in [1.165, 1.54) is 12.1 Å². The normalized spacial score (nSPS) is 16.8. The van der Waals surface area contributed by atoms with Gasteiger partial charge in [0, 0.05) is 38.3 Å². The average molecular weight is 340 g/mol. The summed E-state index contributed by atoms with van der Waals surface area (Å²) < 4.78 is 26.1. The third kappa shape index (κ3) is 5.36. The molecule has 24 heavy (non-hydrogen) atoms. The van der Waals surface area contributed by atoms with Crippen LogP contribution in [0.2, 0.25) is 0 Å². The zero-order valence-electron chi connectivity index (χ0n) is 13.6. The molecule has 0 spiro atoms. The molecular weight excluding hydrogens is 318 g/mol. The zero-order chi connectivity index (χ0) is 17.5. The fourth-order valence-corrected chi connectivity index (χ4v) is 2.64. The van der Waals surface area contributed by atoms with Gasteiger partial charge in [0.1, 0.15) is 11.6 Å². The third-order valence-corrected chi connectivity index (χ3v) is 3.76. The molecule has 0 radical (unpaired) electrons. The second-order valence-corrected chi connectivity index (χ2v) is 5.70. The number of hydrogen-bond donors (Lipinski definition) is 3. The van der Waals surface area contributed by atoms with Gasteiger partial charge in [0.25, 0.3) is 0 Å². The van der Waals surface area contributed by atoms with Crippen molar-refractivity contribution in [1.29, 1.82) is 0 Å². The van der Waals surface area contributed by atoms with Crippen LogP contribution >= 0.6 is 0 Å². The second kappa shape index (κ2) is 8.47. The number of halogens is 2. The molecule has 1 aliphatic heterocycles. The van der Waals surface area contributed by atoms with Crippen molar-refractivity contribution in [2.75, 3.05) is 26.2 Å². The molecule has 6 nitrogen and oxygen atoms in total. The van der Waals surface area contributed by atoms with E-state index in [0.717, 1.165) is 6.07 Å². The first-order chi connectivity index (χ1) is 11.5. The molecular formula is C16H22F2N4O2. The summed E-state index contributed by atoms with van der Waals surface area (Å²) >= 11 is 0. The molecule has 0 bridgehead atoms. The van der Waals surface area contributed by atoms with Gasteiger partial charge in [-0.15, -0.1) is 0 Å². The minimum atomic E-state index is -0.633. The molecule has 1 fully saturated rings. The highest BCUT2D eigenvalue weighted by atomic mass is 19.1. The summed E-state index contributed by atoms with van der Waals surface area (Å²) in [6.45, 7) is 3.74. The van der Waals surface area contributed by atoms with Crippen molar-refractivity contribution in [3.05, 3.63) is 35.4 Å². The molecule has 0 aliphatic carbocycles. The number of nitrogens with zero attached hydrogens (tertiary/aromatic N) is 1. The van der Waals surface area contributed by atoms with E-state index in [2.05, 4.69) is 16.0 Å². The van der Waals surface area contributed by atoms with Gasteiger partial charge in [-0.05, 0) is 37.5 Å². The van der Waals surface area contributed by atoms with E-state index in [-0.39, 0.29) is 24.6 Å². The lowest BCUT2D eigenvalue weighted by molar-refractivity contribution is 0.207. The van der Waals surface area contributed by atoms with E-state index in [0.29, 0.717) is 38.0 Å². The zero-order valence-corrected chi connectivity index (χ0v) is 13.6. The van der Waals surface area contributed by atoms with E-state index in [9.17, 15) is 18.4 Å². The highest BCUT2D eigenvalue weighted by Crippen LogP contribution is 2.09. The Balaban J connectivity index is 1.69. The van der Waals surface area contributed by atoms with Crippen LogP contribution in [0, 0.1) is 11.6 Å². The van der Waals surface area contributed by atoms with Crippen LogP contribution < -0.4 is 16.0 Å². The number of likely N-dealkylation sites (tertiary alicyclic amines) is 1. The predicted molar refractivity (Wildman–Crippen MR) is 85.6 cm³/mol. The molecule has 4 amide bonds. The van der Waals surface area contributed by atoms with Crippen molar-refractivity contribution in [2.45, 2.75) is 25.8 Å². The average Bonchev–Trinajstić information content (AvgIpc) is 2.95. The van der Waals surface area contributed by atoms with E-state index in [1.807, 2.05) is 6.92 Å². The molecule has 132 valence electrons. The van der Waals surface area contributed by atoms with Crippen LogP contribution in [0.5, 0.6) is 0 Å². The maximum atomic E-state index is 13.1. The molecule has 1 atom stereocenters. The summed E-state index contributed by atoms with van der Waals surface area (Å²) in [7, 11) is 0. The van der Waals surface area contributed by atoms with Crippen LogP contribution in [0.3, 0.4) is 0 Å². The van der Waals surface area contributed by atoms with Gasteiger partial charge in [-0.1, -0.05) is 0 Å². The Morgan fingerprint density at radius 2 is 1.92 bits per heavy atom. The smallest absolute Gasteiger partial charge is 0.317 e. The summed E-state index contributed by atoms with van der Waals surface area (Å²) in [6, 6.07) is 2.71. The molecule has 0 aromatic heterocycles. The number of benzene rings is 1. The summed E-state index contributed by atoms with van der Waals surface area (Å²) in [5, 5.41) is 8.17. The topological polar surface area (TPSA) is 73.5 Å². The van der Waals surface area contributed by atoms with Gasteiger partial charge in [0.15, 0.2) is 0 Å². The Morgan fingerprint density at radius 1 is 1.21 bits per heavy atom. The summed E-state index contributed by atoms with van der Waals surface area (Å²) in [5.74, 6) is -1.27. The van der Waals surface area contributed by atoms with Crippen LogP contribution in [0.4, 0.5) is 18.4 Å². The van der Waals surface area contributed by atoms with Gasteiger partial charge >= 0.3 is 12.1 Å². The number of hydrogen-bond acceptors (Lipinski definition) is 2. The van der Waals surface area contributed by atoms with Crippen molar-refractivity contribution < 1.29 is 18.4 Å². The van der Waals surface area contributed by atoms with Gasteiger partial charge in [0.2, 0.25) is 0 Å². The summed E-state index contributed by atoms with van der Waals surface area (Å²) in [6.07, 6.45) is 1.03. The number of carbonyl (C=O) groups is 2. The lowest BCUT2D eigenvalue weighted by Crippen LogP contribution is -2.45. The Kier molecular flexibility index (Phi) is 6.34. The van der Waals surface area contributed by atoms with Crippen molar-refractivity contribution in [1.82, 2.24) is 20.9 Å². The molecule has 1 heterocycles. The minimum absolute atomic E-state index is 0.0979. The van der Waals surface area contributed by atoms with Crippen molar-refractivity contribution in [2.24, 2.45) is 0 Å². The Labute approximate surface area is 139 Å². The Morgan fingerprint density at radius 3 is 2.58 bits per heavy atom. The van der Waals surface area contributed by atoms with E-state index in [4.69, 9.17) is 0 Å². The first-order valence-corrected chi connectivity index (χ1v) is 8.00. The summed E-state index contributed by atoms with van der Waals surface area (Å²) in [4.78, 5) is 25.2. The highest BCUT2D eigenvalue weighted by Gasteiger charge is 2.26. The molecule has 3 N–H and O–H groups in total. The monoisotopic (exact) mass is 340 g/mol. The molecule has 8 heteroatoms. The first-order valence-electron chi connectivity index (χ1n) is 8.00. The molecule has 0 unspecified atom stereocenters. The molecule has 0 saturated carbocycles. The fourth-order valence-electron chi connectivity index (χ4n) is 2.64. The largest absolute Gasteiger partial charge is 0.338 e.